The fraction of sp³-hybridized carbons (Fsp3) is 0.371. The van der Waals surface area contributed by atoms with Crippen molar-refractivity contribution in [2.45, 2.75) is 77.6 Å². The van der Waals surface area contributed by atoms with Crippen LogP contribution in [0.4, 0.5) is 11.4 Å². The van der Waals surface area contributed by atoms with Crippen LogP contribution in [0.25, 0.3) is 0 Å². The molecule has 1 aromatic heterocycles. The van der Waals surface area contributed by atoms with E-state index < -0.39 is 0 Å². The van der Waals surface area contributed by atoms with Gasteiger partial charge in [-0.15, -0.1) is 0 Å². The Morgan fingerprint density at radius 3 is 2.12 bits per heavy atom. The third-order valence-corrected chi connectivity index (χ3v) is 8.62. The van der Waals surface area contributed by atoms with E-state index >= 15 is 0 Å². The Kier molecular flexibility index (Phi) is 6.52. The second kappa shape index (κ2) is 9.80. The Hall–Kier alpha value is -3.60. The Bertz CT molecular complexity index is 1480. The highest BCUT2D eigenvalue weighted by Gasteiger charge is 2.51. The van der Waals surface area contributed by atoms with Crippen molar-refractivity contribution < 1.29 is 9.15 Å². The van der Waals surface area contributed by atoms with Crippen molar-refractivity contribution in [3.05, 3.63) is 113 Å². The van der Waals surface area contributed by atoms with Gasteiger partial charge in [0, 0.05) is 35.4 Å². The first kappa shape index (κ1) is 26.6. The highest BCUT2D eigenvalue weighted by molar-refractivity contribution is 6.81. The molecule has 3 heterocycles. The predicted octanol–water partition coefficient (Wildman–Crippen LogP) is 7.88. The summed E-state index contributed by atoms with van der Waals surface area (Å²) in [6.07, 6.45) is 9.48. The molecule has 0 amide bonds. The highest BCUT2D eigenvalue weighted by atomic mass is 16.5. The number of hydrogen-bond donors (Lipinski definition) is 1. The molecule has 1 aliphatic carbocycles. The van der Waals surface area contributed by atoms with Gasteiger partial charge in [0.25, 0.3) is 0 Å². The Morgan fingerprint density at radius 2 is 1.52 bits per heavy atom. The SMILES string of the molecule is Cc1ccoc1B1C2=C(CCO2)N(c2ccc(C(C)(C)C)cc2)C2=CC=CC(Nc3ccc(C(C)(C)C)cc3)C12. The molecule has 2 atom stereocenters. The van der Waals surface area contributed by atoms with E-state index in [1.54, 1.807) is 0 Å². The summed E-state index contributed by atoms with van der Waals surface area (Å²) in [4.78, 5) is 2.45. The van der Waals surface area contributed by atoms with E-state index in [4.69, 9.17) is 9.15 Å². The van der Waals surface area contributed by atoms with E-state index in [0.717, 1.165) is 29.0 Å². The van der Waals surface area contributed by atoms with Gasteiger partial charge in [-0.3, -0.25) is 0 Å². The molecule has 5 heteroatoms. The number of nitrogens with one attached hydrogen (secondary N) is 1. The van der Waals surface area contributed by atoms with Gasteiger partial charge in [-0.25, -0.2) is 0 Å². The van der Waals surface area contributed by atoms with Crippen LogP contribution in [0.3, 0.4) is 0 Å². The van der Waals surface area contributed by atoms with E-state index in [-0.39, 0.29) is 29.4 Å². The van der Waals surface area contributed by atoms with Crippen LogP contribution >= 0.6 is 0 Å². The molecule has 6 rings (SSSR count). The second-order valence-electron chi connectivity index (χ2n) is 13.5. The lowest BCUT2D eigenvalue weighted by atomic mass is 9.33. The van der Waals surface area contributed by atoms with Gasteiger partial charge in [-0.05, 0) is 70.9 Å². The number of ether oxygens (including phenoxy) is 1. The summed E-state index contributed by atoms with van der Waals surface area (Å²) in [5.41, 5.74) is 10.9. The molecule has 3 aromatic rings. The summed E-state index contributed by atoms with van der Waals surface area (Å²) < 4.78 is 12.7. The molecule has 0 spiro atoms. The van der Waals surface area contributed by atoms with Gasteiger partial charge in [-0.1, -0.05) is 78.0 Å². The first-order valence-corrected chi connectivity index (χ1v) is 14.6. The Labute approximate surface area is 239 Å². The van der Waals surface area contributed by atoms with Gasteiger partial charge in [-0.2, -0.15) is 0 Å². The summed E-state index contributed by atoms with van der Waals surface area (Å²) in [6, 6.07) is 20.1. The van der Waals surface area contributed by atoms with Crippen molar-refractivity contribution in [3.8, 4) is 0 Å². The third kappa shape index (κ3) is 4.70. The maximum atomic E-state index is 6.48. The van der Waals surface area contributed by atoms with Crippen LogP contribution in [0.15, 0.2) is 101 Å². The Balaban J connectivity index is 1.44. The molecule has 4 nitrogen and oxygen atoms in total. The normalized spacial score (nSPS) is 20.7. The molecule has 2 aromatic carbocycles. The maximum Gasteiger partial charge on any atom is 0.314 e. The minimum Gasteiger partial charge on any atom is -0.505 e. The van der Waals surface area contributed by atoms with E-state index in [0.29, 0.717) is 6.61 Å². The van der Waals surface area contributed by atoms with Crippen LogP contribution in [-0.2, 0) is 15.6 Å². The fourth-order valence-corrected chi connectivity index (χ4v) is 6.36. The summed E-state index contributed by atoms with van der Waals surface area (Å²) in [5.74, 6) is 0.0938. The average molecular weight is 533 g/mol. The smallest absolute Gasteiger partial charge is 0.314 e. The lowest BCUT2D eigenvalue weighted by Crippen LogP contribution is -2.52. The van der Waals surface area contributed by atoms with Crippen molar-refractivity contribution in [2.24, 2.45) is 0 Å². The molecule has 0 fully saturated rings. The van der Waals surface area contributed by atoms with Crippen LogP contribution < -0.4 is 15.9 Å². The predicted molar refractivity (Wildman–Crippen MR) is 168 cm³/mol. The van der Waals surface area contributed by atoms with Crippen molar-refractivity contribution in [2.75, 3.05) is 16.8 Å². The minimum absolute atomic E-state index is 0.000136. The van der Waals surface area contributed by atoms with Crippen LogP contribution in [0.5, 0.6) is 0 Å². The number of anilines is 2. The molecule has 1 N–H and O–H groups in total. The van der Waals surface area contributed by atoms with Gasteiger partial charge >= 0.3 is 6.71 Å². The lowest BCUT2D eigenvalue weighted by molar-refractivity contribution is 0.265. The summed E-state index contributed by atoms with van der Waals surface area (Å²) in [6.45, 7) is 16.4. The topological polar surface area (TPSA) is 37.6 Å². The van der Waals surface area contributed by atoms with E-state index in [1.807, 2.05) is 6.26 Å². The standard InChI is InChI=1S/C35H41BN2O2/c1-23-19-21-39-32(23)36-31-28(37-26-15-11-24(12-16-26)34(2,3)4)9-8-10-29(31)38(30-20-22-40-33(30)36)27-17-13-25(14-18-27)35(5,6)7/h8-19,21,28,31,37H,20,22H2,1-7H3. The number of nitrogens with zero attached hydrogens (tertiary/aromatic N) is 1. The van der Waals surface area contributed by atoms with E-state index in [9.17, 15) is 0 Å². The number of allylic oxidation sites excluding steroid dienone is 2. The summed E-state index contributed by atoms with van der Waals surface area (Å²) >= 11 is 0. The molecule has 0 saturated carbocycles. The van der Waals surface area contributed by atoms with Crippen LogP contribution in [0, 0.1) is 6.92 Å². The molecule has 2 unspecified atom stereocenters. The quantitative estimate of drug-likeness (QED) is 0.347. The number of furan rings is 1. The largest absolute Gasteiger partial charge is 0.505 e. The Morgan fingerprint density at radius 1 is 0.875 bits per heavy atom. The zero-order valence-corrected chi connectivity index (χ0v) is 24.9. The second-order valence-corrected chi connectivity index (χ2v) is 13.5. The van der Waals surface area contributed by atoms with Crippen molar-refractivity contribution >= 4 is 23.7 Å². The zero-order chi connectivity index (χ0) is 28.2. The first-order valence-electron chi connectivity index (χ1n) is 14.6. The lowest BCUT2D eigenvalue weighted by Gasteiger charge is -2.44. The molecule has 0 bridgehead atoms. The zero-order valence-electron chi connectivity index (χ0n) is 24.9. The maximum absolute atomic E-state index is 6.48. The number of rotatable bonds is 4. The molecule has 40 heavy (non-hydrogen) atoms. The van der Waals surface area contributed by atoms with Crippen molar-refractivity contribution in [1.29, 1.82) is 0 Å². The number of fused-ring (bicyclic) bond motifs is 1. The molecule has 0 saturated heterocycles. The van der Waals surface area contributed by atoms with Gasteiger partial charge in [0.15, 0.2) is 0 Å². The van der Waals surface area contributed by atoms with Crippen LogP contribution in [-0.4, -0.2) is 19.4 Å². The molecule has 206 valence electrons. The summed E-state index contributed by atoms with van der Waals surface area (Å²) in [7, 11) is 0. The van der Waals surface area contributed by atoms with Gasteiger partial charge < -0.3 is 19.4 Å². The van der Waals surface area contributed by atoms with Crippen molar-refractivity contribution in [3.63, 3.8) is 0 Å². The number of benzene rings is 2. The van der Waals surface area contributed by atoms with E-state index in [1.165, 1.54) is 28.2 Å². The highest BCUT2D eigenvalue weighted by Crippen LogP contribution is 2.48. The molecule has 0 radical (unpaired) electrons. The van der Waals surface area contributed by atoms with E-state index in [2.05, 4.69) is 132 Å². The molecule has 3 aliphatic rings. The molecular formula is C35H41BN2O2. The third-order valence-electron chi connectivity index (χ3n) is 8.62. The average Bonchev–Trinajstić information content (AvgIpc) is 3.56. The molecule has 2 aliphatic heterocycles. The first-order chi connectivity index (χ1) is 19.0. The monoisotopic (exact) mass is 532 g/mol. The van der Waals surface area contributed by atoms with Crippen LogP contribution in [0.2, 0.25) is 5.82 Å². The fourth-order valence-electron chi connectivity index (χ4n) is 6.36. The minimum atomic E-state index is 0.000136. The van der Waals surface area contributed by atoms with Gasteiger partial charge in [0.05, 0.1) is 29.9 Å². The van der Waals surface area contributed by atoms with Crippen LogP contribution in [0.1, 0.15) is 64.7 Å². The number of aryl methyl sites for hydroxylation is 1. The van der Waals surface area contributed by atoms with Gasteiger partial charge in [0.1, 0.15) is 0 Å². The van der Waals surface area contributed by atoms with Crippen molar-refractivity contribution in [1.82, 2.24) is 0 Å². The summed E-state index contributed by atoms with van der Waals surface area (Å²) in [5, 5.41) is 3.88. The van der Waals surface area contributed by atoms with Gasteiger partial charge in [0.2, 0.25) is 0 Å². The number of hydrogen-bond acceptors (Lipinski definition) is 4. The molecular weight excluding hydrogens is 491 g/mol.